The van der Waals surface area contributed by atoms with Gasteiger partial charge in [-0.3, -0.25) is 4.99 Å². The van der Waals surface area contributed by atoms with Gasteiger partial charge in [-0.2, -0.15) is 0 Å². The lowest BCUT2D eigenvalue weighted by Crippen LogP contribution is -2.34. The number of fused-ring (bicyclic) bond motifs is 2. The molecule has 0 N–H and O–H groups in total. The summed E-state index contributed by atoms with van der Waals surface area (Å²) in [5.74, 6) is 2.63. The van der Waals surface area contributed by atoms with E-state index in [2.05, 4.69) is 0 Å². The van der Waals surface area contributed by atoms with Gasteiger partial charge >= 0.3 is 0 Å². The normalized spacial score (nSPS) is 39.4. The lowest BCUT2D eigenvalue weighted by atomic mass is 9.74. The van der Waals surface area contributed by atoms with Crippen LogP contribution in [0.25, 0.3) is 0 Å². The number of aliphatic imine (C=N–C) groups is 1. The Morgan fingerprint density at radius 2 is 2.10 bits per heavy atom. The van der Waals surface area contributed by atoms with Gasteiger partial charge in [0.15, 0.2) is 0 Å². The summed E-state index contributed by atoms with van der Waals surface area (Å²) in [7, 11) is 0. The minimum absolute atomic E-state index is 0.170. The topological polar surface area (TPSA) is 12.4 Å². The van der Waals surface area contributed by atoms with Crippen molar-refractivity contribution in [2.24, 2.45) is 22.7 Å². The zero-order valence-electron chi connectivity index (χ0n) is 11.9. The molecule has 0 amide bonds. The maximum absolute atomic E-state index is 13.3. The number of nitrogens with zero attached hydrogens (tertiary/aromatic N) is 1. The van der Waals surface area contributed by atoms with E-state index < -0.39 is 0 Å². The molecule has 20 heavy (non-hydrogen) atoms. The van der Waals surface area contributed by atoms with Crippen LogP contribution < -0.4 is 0 Å². The van der Waals surface area contributed by atoms with E-state index in [4.69, 9.17) is 4.99 Å². The molecule has 3 aliphatic carbocycles. The molecule has 0 spiro atoms. The van der Waals surface area contributed by atoms with E-state index in [-0.39, 0.29) is 11.4 Å². The fourth-order valence-electron chi connectivity index (χ4n) is 5.08. The van der Waals surface area contributed by atoms with E-state index in [9.17, 15) is 4.39 Å². The van der Waals surface area contributed by atoms with E-state index in [0.717, 1.165) is 23.3 Å². The van der Waals surface area contributed by atoms with Gasteiger partial charge in [0.05, 0.1) is 5.54 Å². The first-order chi connectivity index (χ1) is 9.72. The smallest absolute Gasteiger partial charge is 0.123 e. The van der Waals surface area contributed by atoms with Crippen LogP contribution in [0.5, 0.6) is 0 Å². The van der Waals surface area contributed by atoms with Gasteiger partial charge in [0.25, 0.3) is 0 Å². The maximum Gasteiger partial charge on any atom is 0.123 e. The van der Waals surface area contributed by atoms with Crippen LogP contribution >= 0.6 is 0 Å². The Balaban J connectivity index is 1.60. The standard InChI is InChI=1S/C18H22FN/c19-17-5-1-3-13(9-17)12-20-18-6-2-4-15-7-14(10-18)8-16(15)11-18/h1,3,5,9,12,14-16H,2,4,6-8,10-11H2/b20-12+. The summed E-state index contributed by atoms with van der Waals surface area (Å²) in [5.41, 5.74) is 1.07. The summed E-state index contributed by atoms with van der Waals surface area (Å²) in [6.07, 6.45) is 11.3. The van der Waals surface area contributed by atoms with Gasteiger partial charge in [-0.15, -0.1) is 0 Å². The van der Waals surface area contributed by atoms with Crippen molar-refractivity contribution in [1.82, 2.24) is 0 Å². The highest BCUT2D eigenvalue weighted by Gasteiger charge is 2.49. The molecule has 3 bridgehead atoms. The van der Waals surface area contributed by atoms with Crippen molar-refractivity contribution in [2.45, 2.75) is 50.5 Å². The Hall–Kier alpha value is -1.18. The molecule has 4 rings (SSSR count). The second kappa shape index (κ2) is 4.68. The Morgan fingerprint density at radius 3 is 3.00 bits per heavy atom. The second-order valence-electron chi connectivity index (χ2n) is 7.20. The molecule has 0 radical (unpaired) electrons. The lowest BCUT2D eigenvalue weighted by Gasteiger charge is -2.37. The first-order valence-electron chi connectivity index (χ1n) is 8.03. The summed E-state index contributed by atoms with van der Waals surface area (Å²) in [6, 6.07) is 6.78. The monoisotopic (exact) mass is 271 g/mol. The molecule has 2 heteroatoms. The van der Waals surface area contributed by atoms with Crippen molar-refractivity contribution in [3.63, 3.8) is 0 Å². The number of rotatable bonds is 2. The van der Waals surface area contributed by atoms with Crippen LogP contribution in [0.3, 0.4) is 0 Å². The Morgan fingerprint density at radius 1 is 1.20 bits per heavy atom. The molecule has 4 unspecified atom stereocenters. The molecule has 3 fully saturated rings. The van der Waals surface area contributed by atoms with Gasteiger partial charge in [-0.25, -0.2) is 4.39 Å². The molecule has 0 aromatic heterocycles. The lowest BCUT2D eigenvalue weighted by molar-refractivity contribution is 0.214. The third-order valence-corrected chi connectivity index (χ3v) is 5.80. The zero-order valence-corrected chi connectivity index (χ0v) is 11.9. The molecule has 106 valence electrons. The zero-order chi connectivity index (χ0) is 13.6. The molecule has 0 saturated heterocycles. The second-order valence-corrected chi connectivity index (χ2v) is 7.20. The van der Waals surface area contributed by atoms with Crippen LogP contribution in [0.4, 0.5) is 4.39 Å². The van der Waals surface area contributed by atoms with Gasteiger partial charge in [0.1, 0.15) is 5.82 Å². The fraction of sp³-hybridized carbons (Fsp3) is 0.611. The first-order valence-corrected chi connectivity index (χ1v) is 8.03. The average molecular weight is 271 g/mol. The molecular formula is C18H22FN. The SMILES string of the molecule is Fc1cccc(/C=N/C23CCCC4CC(CC4C2)C3)c1. The Labute approximate surface area is 120 Å². The van der Waals surface area contributed by atoms with Crippen LogP contribution in [0.2, 0.25) is 0 Å². The predicted octanol–water partition coefficient (Wildman–Crippen LogP) is 4.60. The molecule has 4 atom stereocenters. The molecule has 0 aliphatic heterocycles. The summed E-state index contributed by atoms with van der Waals surface area (Å²) in [5, 5.41) is 0. The molecule has 1 aromatic rings. The first kappa shape index (κ1) is 12.6. The van der Waals surface area contributed by atoms with Gasteiger partial charge in [-0.1, -0.05) is 25.0 Å². The van der Waals surface area contributed by atoms with E-state index >= 15 is 0 Å². The minimum Gasteiger partial charge on any atom is -0.286 e. The van der Waals surface area contributed by atoms with E-state index in [1.54, 1.807) is 12.1 Å². The van der Waals surface area contributed by atoms with Crippen molar-refractivity contribution in [2.75, 3.05) is 0 Å². The van der Waals surface area contributed by atoms with Crippen LogP contribution in [0.15, 0.2) is 29.3 Å². The predicted molar refractivity (Wildman–Crippen MR) is 79.5 cm³/mol. The van der Waals surface area contributed by atoms with Crippen LogP contribution in [0, 0.1) is 23.6 Å². The highest BCUT2D eigenvalue weighted by Crippen LogP contribution is 2.56. The molecular weight excluding hydrogens is 249 g/mol. The van der Waals surface area contributed by atoms with E-state index in [0.29, 0.717) is 0 Å². The van der Waals surface area contributed by atoms with E-state index in [1.165, 1.54) is 51.0 Å². The summed E-state index contributed by atoms with van der Waals surface area (Å²) in [4.78, 5) is 4.99. The van der Waals surface area contributed by atoms with Crippen LogP contribution in [-0.2, 0) is 0 Å². The van der Waals surface area contributed by atoms with Crippen LogP contribution in [-0.4, -0.2) is 11.8 Å². The average Bonchev–Trinajstić information content (AvgIpc) is 2.64. The molecule has 3 saturated carbocycles. The third kappa shape index (κ3) is 2.19. The quantitative estimate of drug-likeness (QED) is 0.697. The van der Waals surface area contributed by atoms with Crippen LogP contribution in [0.1, 0.15) is 50.5 Å². The summed E-state index contributed by atoms with van der Waals surface area (Å²) < 4.78 is 13.3. The van der Waals surface area contributed by atoms with Gasteiger partial charge < -0.3 is 0 Å². The molecule has 0 heterocycles. The third-order valence-electron chi connectivity index (χ3n) is 5.80. The number of hydrogen-bond donors (Lipinski definition) is 0. The minimum atomic E-state index is -0.170. The summed E-state index contributed by atoms with van der Waals surface area (Å²) in [6.45, 7) is 0. The molecule has 3 aliphatic rings. The summed E-state index contributed by atoms with van der Waals surface area (Å²) >= 11 is 0. The van der Waals surface area contributed by atoms with Crippen molar-refractivity contribution in [3.8, 4) is 0 Å². The number of benzene rings is 1. The van der Waals surface area contributed by atoms with Crippen molar-refractivity contribution < 1.29 is 4.39 Å². The van der Waals surface area contributed by atoms with Gasteiger partial charge in [0, 0.05) is 6.21 Å². The number of halogens is 1. The van der Waals surface area contributed by atoms with Crippen molar-refractivity contribution >= 4 is 6.21 Å². The molecule has 1 aromatic carbocycles. The van der Waals surface area contributed by atoms with Gasteiger partial charge in [-0.05, 0) is 67.6 Å². The molecule has 1 nitrogen and oxygen atoms in total. The Kier molecular flexibility index (Phi) is 2.94. The van der Waals surface area contributed by atoms with Crippen molar-refractivity contribution in [3.05, 3.63) is 35.6 Å². The van der Waals surface area contributed by atoms with Gasteiger partial charge in [0.2, 0.25) is 0 Å². The van der Waals surface area contributed by atoms with Crippen molar-refractivity contribution in [1.29, 1.82) is 0 Å². The highest BCUT2D eigenvalue weighted by atomic mass is 19.1. The fourth-order valence-corrected chi connectivity index (χ4v) is 5.08. The number of hydrogen-bond acceptors (Lipinski definition) is 1. The Bertz CT molecular complexity index is 538. The van der Waals surface area contributed by atoms with E-state index in [1.807, 2.05) is 12.3 Å². The maximum atomic E-state index is 13.3. The highest BCUT2D eigenvalue weighted by molar-refractivity contribution is 5.79. The largest absolute Gasteiger partial charge is 0.286 e.